The first kappa shape index (κ1) is 21.4. The predicted molar refractivity (Wildman–Crippen MR) is 103 cm³/mol. The van der Waals surface area contributed by atoms with Gasteiger partial charge >= 0.3 is 164 Å². The standard InChI is InChI=1S/2C6H5.2C4H8O3.Sn/c2*1-2-4-6-5-3-1;2*1-3(5)2-4(6)7;/h2*1-5H;2*3,5H,2H2,1H3,(H,6,7);/q;;;;+2/p-2. The molecule has 2 aromatic rings. The molecule has 0 aromatic heterocycles. The molecule has 7 heteroatoms. The van der Waals surface area contributed by atoms with Crippen LogP contribution in [0.1, 0.15) is 26.7 Å². The second kappa shape index (κ2) is 9.87. The summed E-state index contributed by atoms with van der Waals surface area (Å²) in [7, 11) is 0. The fourth-order valence-electron chi connectivity index (χ4n) is 2.62. The number of benzene rings is 2. The van der Waals surface area contributed by atoms with Crippen LogP contribution in [-0.4, -0.2) is 53.6 Å². The van der Waals surface area contributed by atoms with Crippen LogP contribution in [0.4, 0.5) is 0 Å². The van der Waals surface area contributed by atoms with Crippen LogP contribution in [0.5, 0.6) is 0 Å². The van der Waals surface area contributed by atoms with Gasteiger partial charge in [0.05, 0.1) is 0 Å². The van der Waals surface area contributed by atoms with Crippen molar-refractivity contribution in [3.8, 4) is 0 Å². The molecular weight excluding hydrogens is 455 g/mol. The zero-order valence-corrected chi connectivity index (χ0v) is 18.2. The zero-order valence-electron chi connectivity index (χ0n) is 15.4. The maximum absolute atomic E-state index is 12.4. The van der Waals surface area contributed by atoms with Gasteiger partial charge in [-0.1, -0.05) is 0 Å². The number of hydrogen-bond donors (Lipinski definition) is 2. The Morgan fingerprint density at radius 2 is 1.11 bits per heavy atom. The van der Waals surface area contributed by atoms with Gasteiger partial charge in [-0.15, -0.1) is 0 Å². The van der Waals surface area contributed by atoms with E-state index in [4.69, 9.17) is 6.15 Å². The minimum absolute atomic E-state index is 0.202. The first-order valence-electron chi connectivity index (χ1n) is 8.74. The van der Waals surface area contributed by atoms with Crippen LogP contribution < -0.4 is 7.16 Å². The third-order valence-electron chi connectivity index (χ3n) is 3.75. The number of carbonyl (C=O) groups is 2. The van der Waals surface area contributed by atoms with Crippen LogP contribution >= 0.6 is 0 Å². The van der Waals surface area contributed by atoms with Crippen molar-refractivity contribution in [3.63, 3.8) is 0 Å². The average molecular weight is 479 g/mol. The minimum atomic E-state index is -4.71. The summed E-state index contributed by atoms with van der Waals surface area (Å²) in [5, 5.41) is 19.1. The van der Waals surface area contributed by atoms with E-state index in [0.717, 1.165) is 0 Å². The van der Waals surface area contributed by atoms with Gasteiger partial charge in [0.1, 0.15) is 0 Å². The molecule has 0 saturated carbocycles. The molecule has 2 atom stereocenters. The number of aliphatic hydroxyl groups is 2. The molecule has 2 aromatic carbocycles. The van der Waals surface area contributed by atoms with Gasteiger partial charge < -0.3 is 0 Å². The van der Waals surface area contributed by atoms with E-state index in [1.807, 2.05) is 12.1 Å². The molecule has 0 radical (unpaired) electrons. The molecule has 2 rings (SSSR count). The second-order valence-electron chi connectivity index (χ2n) is 6.40. The first-order chi connectivity index (χ1) is 12.8. The molecule has 0 aliphatic heterocycles. The summed E-state index contributed by atoms with van der Waals surface area (Å²) in [6.07, 6.45) is -2.15. The van der Waals surface area contributed by atoms with E-state index < -0.39 is 43.4 Å². The predicted octanol–water partition coefficient (Wildman–Crippen LogP) is 0.871. The van der Waals surface area contributed by atoms with E-state index >= 15 is 0 Å². The Balaban J connectivity index is 2.54. The van der Waals surface area contributed by atoms with Crippen molar-refractivity contribution in [2.45, 2.75) is 38.9 Å². The number of aliphatic hydroxyl groups excluding tert-OH is 2. The molecule has 0 aliphatic carbocycles. The van der Waals surface area contributed by atoms with Crippen LogP contribution in [0.2, 0.25) is 0 Å². The van der Waals surface area contributed by atoms with Crippen LogP contribution in [0, 0.1) is 0 Å². The number of rotatable bonds is 8. The molecule has 6 nitrogen and oxygen atoms in total. The average Bonchev–Trinajstić information content (AvgIpc) is 2.61. The van der Waals surface area contributed by atoms with Gasteiger partial charge in [0, 0.05) is 0 Å². The number of hydrogen-bond acceptors (Lipinski definition) is 6. The molecule has 0 amide bonds. The molecule has 0 bridgehead atoms. The molecule has 144 valence electrons. The summed E-state index contributed by atoms with van der Waals surface area (Å²) < 4.78 is 13.0. The summed E-state index contributed by atoms with van der Waals surface area (Å²) in [4.78, 5) is 24.9. The summed E-state index contributed by atoms with van der Waals surface area (Å²) in [5.41, 5.74) is 0. The van der Waals surface area contributed by atoms with Gasteiger partial charge in [0.15, 0.2) is 0 Å². The quantitative estimate of drug-likeness (QED) is 0.547. The Morgan fingerprint density at radius 1 is 0.778 bits per heavy atom. The van der Waals surface area contributed by atoms with Gasteiger partial charge in [0.25, 0.3) is 0 Å². The molecule has 0 aliphatic rings. The Hall–Kier alpha value is -1.90. The van der Waals surface area contributed by atoms with E-state index in [1.165, 1.54) is 13.8 Å². The third kappa shape index (κ3) is 6.05. The van der Waals surface area contributed by atoms with Gasteiger partial charge in [-0.2, -0.15) is 0 Å². The molecule has 2 N–H and O–H groups in total. The van der Waals surface area contributed by atoms with Crippen molar-refractivity contribution in [3.05, 3.63) is 60.7 Å². The van der Waals surface area contributed by atoms with Crippen molar-refractivity contribution in [1.82, 2.24) is 0 Å². The van der Waals surface area contributed by atoms with Crippen LogP contribution in [-0.2, 0) is 15.7 Å². The monoisotopic (exact) mass is 480 g/mol. The van der Waals surface area contributed by atoms with E-state index in [1.54, 1.807) is 48.5 Å². The summed E-state index contributed by atoms with van der Waals surface area (Å²) in [5.74, 6) is -1.25. The van der Waals surface area contributed by atoms with Crippen molar-refractivity contribution in [2.75, 3.05) is 0 Å². The van der Waals surface area contributed by atoms with Crippen LogP contribution in [0.15, 0.2) is 60.7 Å². The van der Waals surface area contributed by atoms with Crippen molar-refractivity contribution >= 4 is 38.3 Å². The van der Waals surface area contributed by atoms with Crippen molar-refractivity contribution < 1.29 is 26.0 Å². The fourth-order valence-corrected chi connectivity index (χ4v) is 10.9. The van der Waals surface area contributed by atoms with Crippen molar-refractivity contribution in [1.29, 1.82) is 0 Å². The summed E-state index contributed by atoms with van der Waals surface area (Å²) >= 11 is -4.71. The van der Waals surface area contributed by atoms with Crippen molar-refractivity contribution in [2.24, 2.45) is 0 Å². The van der Waals surface area contributed by atoms with E-state index in [9.17, 15) is 19.8 Å². The topological polar surface area (TPSA) is 93.1 Å². The summed E-state index contributed by atoms with van der Waals surface area (Å²) in [6, 6.07) is 17.9. The third-order valence-corrected chi connectivity index (χ3v) is 12.9. The molecule has 2 unspecified atom stereocenters. The maximum atomic E-state index is 12.4. The van der Waals surface area contributed by atoms with Gasteiger partial charge in [0.2, 0.25) is 0 Å². The Kier molecular flexibility index (Phi) is 7.82. The SMILES string of the molecule is CC(O)CC(=O)[O][Sn]([O]C(=O)CC(C)O)([c]1ccccc1)[c]1ccccc1. The normalized spacial score (nSPS) is 13.5. The van der Waals surface area contributed by atoms with Crippen LogP contribution in [0.3, 0.4) is 0 Å². The second-order valence-corrected chi connectivity index (χ2v) is 14.4. The zero-order chi connectivity index (χ0) is 19.9. The van der Waals surface area contributed by atoms with E-state index in [0.29, 0.717) is 7.16 Å². The molecule has 0 heterocycles. The Morgan fingerprint density at radius 3 is 1.41 bits per heavy atom. The van der Waals surface area contributed by atoms with E-state index in [2.05, 4.69) is 0 Å². The van der Waals surface area contributed by atoms with Crippen LogP contribution in [0.25, 0.3) is 0 Å². The molecule has 27 heavy (non-hydrogen) atoms. The number of carbonyl (C=O) groups excluding carboxylic acids is 2. The molecule has 0 spiro atoms. The molecule has 0 saturated heterocycles. The molecule has 0 fully saturated rings. The Bertz CT molecular complexity index is 680. The summed E-state index contributed by atoms with van der Waals surface area (Å²) in [6.45, 7) is 2.98. The van der Waals surface area contributed by atoms with Gasteiger partial charge in [-0.3, -0.25) is 0 Å². The fraction of sp³-hybridized carbons (Fsp3) is 0.300. The van der Waals surface area contributed by atoms with Gasteiger partial charge in [-0.05, 0) is 0 Å². The first-order valence-corrected chi connectivity index (χ1v) is 13.9. The van der Waals surface area contributed by atoms with E-state index in [-0.39, 0.29) is 12.8 Å². The van der Waals surface area contributed by atoms with Gasteiger partial charge in [-0.25, -0.2) is 0 Å². The Labute approximate surface area is 163 Å². The molecular formula is C20H24O6Sn.